The van der Waals surface area contributed by atoms with Gasteiger partial charge in [-0.25, -0.2) is 9.18 Å². The minimum absolute atomic E-state index is 0.300. The second-order valence-corrected chi connectivity index (χ2v) is 8.56. The number of benzene rings is 1. The lowest BCUT2D eigenvalue weighted by atomic mass is 10.1. The topological polar surface area (TPSA) is 39.3 Å². The summed E-state index contributed by atoms with van der Waals surface area (Å²) in [5.41, 5.74) is 2.13. The maximum Gasteiger partial charge on any atom is 0.425 e. The fourth-order valence-corrected chi connectivity index (χ4v) is 4.09. The number of hydrogen-bond acceptors (Lipinski definition) is 5. The summed E-state index contributed by atoms with van der Waals surface area (Å²) in [5.74, 6) is 0. The van der Waals surface area contributed by atoms with Crippen LogP contribution in [-0.4, -0.2) is 98.7 Å². The third-order valence-corrected chi connectivity index (χ3v) is 6.16. The van der Waals surface area contributed by atoms with Gasteiger partial charge in [-0.05, 0) is 24.6 Å². The summed E-state index contributed by atoms with van der Waals surface area (Å²) < 4.78 is 55.0. The van der Waals surface area contributed by atoms with Gasteiger partial charge in [-0.15, -0.1) is 0 Å². The van der Waals surface area contributed by atoms with Crippen molar-refractivity contribution in [1.29, 1.82) is 0 Å². The fraction of sp³-hybridized carbons (Fsp3) is 0.667. The van der Waals surface area contributed by atoms with E-state index < -0.39 is 18.4 Å². The number of anilines is 1. The lowest BCUT2D eigenvalue weighted by Crippen LogP contribution is -2.50. The van der Waals surface area contributed by atoms with Crippen LogP contribution in [0.2, 0.25) is 5.02 Å². The summed E-state index contributed by atoms with van der Waals surface area (Å²) in [6, 6.07) is 5.76. The molecule has 0 radical (unpaired) electrons. The van der Waals surface area contributed by atoms with Gasteiger partial charge in [0, 0.05) is 76.2 Å². The first-order chi connectivity index (χ1) is 15.2. The highest BCUT2D eigenvalue weighted by Crippen LogP contribution is 2.28. The van der Waals surface area contributed by atoms with Gasteiger partial charge in [0.15, 0.2) is 6.10 Å². The lowest BCUT2D eigenvalue weighted by molar-refractivity contribution is -0.200. The van der Waals surface area contributed by atoms with E-state index in [1.165, 1.54) is 4.90 Å². The monoisotopic (exact) mass is 479 g/mol. The summed E-state index contributed by atoms with van der Waals surface area (Å²) >= 11 is 6.25. The van der Waals surface area contributed by atoms with Gasteiger partial charge in [-0.3, -0.25) is 9.80 Å². The van der Waals surface area contributed by atoms with Gasteiger partial charge < -0.3 is 14.5 Å². The van der Waals surface area contributed by atoms with Gasteiger partial charge in [-0.2, -0.15) is 13.2 Å². The molecular formula is C21H29ClF4N4O2. The van der Waals surface area contributed by atoms with E-state index in [1.807, 2.05) is 18.2 Å². The van der Waals surface area contributed by atoms with Crippen LogP contribution in [-0.2, 0) is 11.3 Å². The third kappa shape index (κ3) is 6.62. The van der Waals surface area contributed by atoms with Crippen molar-refractivity contribution in [2.24, 2.45) is 0 Å². The molecule has 1 amide bonds. The number of rotatable bonds is 6. The molecule has 0 N–H and O–H groups in total. The van der Waals surface area contributed by atoms with Crippen LogP contribution >= 0.6 is 11.6 Å². The molecule has 0 bridgehead atoms. The van der Waals surface area contributed by atoms with Gasteiger partial charge in [0.1, 0.15) is 6.67 Å². The van der Waals surface area contributed by atoms with Gasteiger partial charge in [0.25, 0.3) is 0 Å². The SMILES string of the molecule is CC(OC(=O)N1CCN(Cc2ccc(Cl)cc2N2CCN(CC[18F])CC2)CC1)C(F)(F)F. The molecule has 1 aromatic rings. The zero-order chi connectivity index (χ0) is 23.3. The van der Waals surface area contributed by atoms with Crippen LogP contribution < -0.4 is 4.90 Å². The highest BCUT2D eigenvalue weighted by atomic mass is 35.5. The van der Waals surface area contributed by atoms with Gasteiger partial charge in [0.05, 0.1) is 0 Å². The first kappa shape index (κ1) is 24.9. The van der Waals surface area contributed by atoms with E-state index in [0.717, 1.165) is 44.4 Å². The number of carbonyl (C=O) groups is 1. The average molecular weight is 480 g/mol. The van der Waals surface area contributed by atoms with Crippen molar-refractivity contribution >= 4 is 23.4 Å². The number of alkyl halides is 4. The number of nitrogens with zero attached hydrogens (tertiary/aromatic N) is 4. The maximum absolute atomic E-state index is 12.6. The Morgan fingerprint density at radius 2 is 1.69 bits per heavy atom. The number of hydrogen-bond donors (Lipinski definition) is 0. The molecule has 2 fully saturated rings. The quantitative estimate of drug-likeness (QED) is 0.583. The molecule has 0 aliphatic carbocycles. The Hall–Kier alpha value is -1.78. The number of carbonyl (C=O) groups excluding carboxylic acids is 1. The van der Waals surface area contributed by atoms with E-state index in [2.05, 4.69) is 19.4 Å². The van der Waals surface area contributed by atoms with Gasteiger partial charge >= 0.3 is 12.3 Å². The van der Waals surface area contributed by atoms with Crippen LogP contribution in [0.25, 0.3) is 0 Å². The molecule has 32 heavy (non-hydrogen) atoms. The van der Waals surface area contributed by atoms with Crippen LogP contribution in [0.4, 0.5) is 28.0 Å². The van der Waals surface area contributed by atoms with Crippen molar-refractivity contribution in [1.82, 2.24) is 14.7 Å². The van der Waals surface area contributed by atoms with Crippen LogP contribution in [0.3, 0.4) is 0 Å². The maximum atomic E-state index is 12.6. The summed E-state index contributed by atoms with van der Waals surface area (Å²) in [5, 5.41) is 0.640. The minimum Gasteiger partial charge on any atom is -0.437 e. The predicted octanol–water partition coefficient (Wildman–Crippen LogP) is 3.64. The molecule has 11 heteroatoms. The molecule has 2 heterocycles. The standard InChI is InChI=1S/C21H29ClF4N4O2/c1-16(21(24,25)26)32-20(31)30-12-8-28(9-13-30)15-17-2-3-18(22)14-19(17)29-10-6-27(5-4-23)7-11-29/h2-3,14,16H,4-13,15H2,1H3/i23-1. The van der Waals surface area contributed by atoms with Crippen molar-refractivity contribution in [3.05, 3.63) is 28.8 Å². The molecule has 0 spiro atoms. The van der Waals surface area contributed by atoms with Crippen molar-refractivity contribution in [2.75, 3.05) is 70.5 Å². The molecule has 2 aliphatic rings. The smallest absolute Gasteiger partial charge is 0.425 e. The molecule has 1 atom stereocenters. The van der Waals surface area contributed by atoms with Crippen LogP contribution in [0.5, 0.6) is 0 Å². The summed E-state index contributed by atoms with van der Waals surface area (Å²) in [6.45, 7) is 6.36. The molecule has 6 nitrogen and oxygen atoms in total. The Morgan fingerprint density at radius 1 is 1.06 bits per heavy atom. The molecule has 2 saturated heterocycles. The van der Waals surface area contributed by atoms with Gasteiger partial charge in [-0.1, -0.05) is 17.7 Å². The minimum atomic E-state index is -4.57. The van der Waals surface area contributed by atoms with Crippen molar-refractivity contribution < 1.29 is 27.1 Å². The van der Waals surface area contributed by atoms with Crippen LogP contribution in [0, 0.1) is 0 Å². The highest BCUT2D eigenvalue weighted by Gasteiger charge is 2.40. The Balaban J connectivity index is 1.56. The predicted molar refractivity (Wildman–Crippen MR) is 115 cm³/mol. The number of halogens is 5. The van der Waals surface area contributed by atoms with E-state index in [1.54, 1.807) is 0 Å². The van der Waals surface area contributed by atoms with E-state index in [9.17, 15) is 22.4 Å². The zero-order valence-corrected chi connectivity index (χ0v) is 18.8. The Morgan fingerprint density at radius 3 is 2.28 bits per heavy atom. The third-order valence-electron chi connectivity index (χ3n) is 5.92. The van der Waals surface area contributed by atoms with Crippen molar-refractivity contribution in [3.63, 3.8) is 0 Å². The highest BCUT2D eigenvalue weighted by molar-refractivity contribution is 6.30. The Bertz CT molecular complexity index is 767. The van der Waals surface area contributed by atoms with E-state index in [0.29, 0.717) is 44.3 Å². The molecule has 0 saturated carbocycles. The zero-order valence-electron chi connectivity index (χ0n) is 18.1. The summed E-state index contributed by atoms with van der Waals surface area (Å²) in [6.07, 6.45) is -7.64. The first-order valence-electron chi connectivity index (χ1n) is 10.7. The van der Waals surface area contributed by atoms with E-state index in [4.69, 9.17) is 11.6 Å². The molecule has 1 aromatic carbocycles. The van der Waals surface area contributed by atoms with Crippen molar-refractivity contribution in [3.8, 4) is 0 Å². The van der Waals surface area contributed by atoms with E-state index in [-0.39, 0.29) is 6.67 Å². The Labute approximate surface area is 190 Å². The molecule has 0 aromatic heterocycles. The Kier molecular flexibility index (Phi) is 8.46. The lowest BCUT2D eigenvalue weighted by Gasteiger charge is -2.38. The second kappa shape index (κ2) is 10.9. The number of amides is 1. The molecular weight excluding hydrogens is 451 g/mol. The van der Waals surface area contributed by atoms with E-state index >= 15 is 0 Å². The normalized spacial score (nSPS) is 19.8. The molecule has 2 aliphatic heterocycles. The van der Waals surface area contributed by atoms with Crippen LogP contribution in [0.15, 0.2) is 18.2 Å². The number of ether oxygens (including phenoxy) is 1. The summed E-state index contributed by atoms with van der Waals surface area (Å²) in [4.78, 5) is 19.8. The van der Waals surface area contributed by atoms with Gasteiger partial charge in [0.2, 0.25) is 0 Å². The first-order valence-corrected chi connectivity index (χ1v) is 11.1. The molecule has 180 valence electrons. The second-order valence-electron chi connectivity index (χ2n) is 8.12. The largest absolute Gasteiger partial charge is 0.437 e. The summed E-state index contributed by atoms with van der Waals surface area (Å²) in [7, 11) is 0. The van der Waals surface area contributed by atoms with Crippen molar-refractivity contribution in [2.45, 2.75) is 25.7 Å². The van der Waals surface area contributed by atoms with Crippen LogP contribution in [0.1, 0.15) is 12.5 Å². The molecule has 3 rings (SSSR count). The molecule has 1 unspecified atom stereocenters. The average Bonchev–Trinajstić information content (AvgIpc) is 2.75. The number of piperazine rings is 2. The fourth-order valence-electron chi connectivity index (χ4n) is 3.92.